The molecule has 0 spiro atoms. The van der Waals surface area contributed by atoms with E-state index in [4.69, 9.17) is 33.5 Å². The van der Waals surface area contributed by atoms with Gasteiger partial charge in [-0.2, -0.15) is 0 Å². The van der Waals surface area contributed by atoms with Crippen LogP contribution in [0.4, 0.5) is 0 Å². The van der Waals surface area contributed by atoms with Crippen molar-refractivity contribution < 1.29 is 74.4 Å². The molecule has 414 valence electrons. The molecule has 15 heteroatoms. The van der Waals surface area contributed by atoms with Gasteiger partial charge in [-0.15, -0.1) is 0 Å². The average Bonchev–Trinajstić information content (AvgIpc) is 3.24. The number of unbranched alkanes of at least 4 members (excludes halogenated alkanes) is 1. The van der Waals surface area contributed by atoms with Crippen LogP contribution in [0.25, 0.3) is 0 Å². The number of likely N-dealkylation sites (N-methyl/N-ethyl adjacent to an activating group) is 1. The molecule has 1 heterocycles. The van der Waals surface area contributed by atoms with Crippen LogP contribution >= 0.6 is 0 Å². The summed E-state index contributed by atoms with van der Waals surface area (Å²) in [6.07, 6.45) is 7.86. The number of ether oxygens (including phenoxy) is 6. The minimum absolute atomic E-state index is 0. The Morgan fingerprint density at radius 3 is 1.13 bits per heavy atom. The molecule has 0 aromatic rings. The number of nitrogens with zero attached hydrogens (tertiary/aromatic N) is 2. The summed E-state index contributed by atoms with van der Waals surface area (Å²) >= 11 is 0. The molecule has 0 atom stereocenters. The van der Waals surface area contributed by atoms with Crippen molar-refractivity contribution >= 4 is 29.8 Å². The second kappa shape index (κ2) is 34.8. The first-order valence-electron chi connectivity index (χ1n) is 25.3. The van der Waals surface area contributed by atoms with Crippen molar-refractivity contribution in [2.75, 3.05) is 81.5 Å². The van der Waals surface area contributed by atoms with E-state index in [1.165, 1.54) is 0 Å². The number of carbonyl (C=O) groups is 5. The third-order valence-electron chi connectivity index (χ3n) is 13.3. The molecule has 1 N–H and O–H groups in total. The summed E-state index contributed by atoms with van der Waals surface area (Å²) < 4.78 is 31.4. The standard InChI is InChI=1S/C16H31NO2.C11H24NO2.C10H20O2.C9H18O3.C8H16O3.ClH/c1-9-14(2,3)13(18)19-12-10-15(4,5)17(8)16(6,7)11-12;1-7-11(2,3)10(13)14-9-8-12(4,5)6;1-5-7-8-12-9(11)10(3,4)6-2;1-5-9(2,3)8(10)12-7-6-11-4;1-4-8(2,3)7(10)11-6-5-9;/h12H,9-11H2,1-8H3;7-9H2,1-6H3;5-8H2,1-4H3;5-7H2,1-4H3;9H,4-6H2,1-3H3;1H/q;+1;;;;/p-1. The van der Waals surface area contributed by atoms with Crippen molar-refractivity contribution in [1.29, 1.82) is 0 Å². The van der Waals surface area contributed by atoms with Crippen molar-refractivity contribution in [3.63, 3.8) is 0 Å². The molecule has 0 bridgehead atoms. The highest BCUT2D eigenvalue weighted by atomic mass is 35.5. The number of aliphatic hydroxyl groups excluding tert-OH is 1. The normalized spacial score (nSPS) is 15.0. The van der Waals surface area contributed by atoms with E-state index >= 15 is 0 Å². The molecule has 0 aromatic heterocycles. The van der Waals surface area contributed by atoms with Gasteiger partial charge in [-0.3, -0.25) is 28.9 Å². The van der Waals surface area contributed by atoms with E-state index in [1.807, 2.05) is 104 Å². The minimum Gasteiger partial charge on any atom is -1.00 e. The van der Waals surface area contributed by atoms with Crippen molar-refractivity contribution in [2.45, 2.75) is 213 Å². The lowest BCUT2D eigenvalue weighted by atomic mass is 9.78. The van der Waals surface area contributed by atoms with Gasteiger partial charge < -0.3 is 50.4 Å². The molecule has 0 aromatic carbocycles. The van der Waals surface area contributed by atoms with E-state index in [9.17, 15) is 24.0 Å². The summed E-state index contributed by atoms with van der Waals surface area (Å²) in [5, 5.41) is 8.38. The Morgan fingerprint density at radius 1 is 0.536 bits per heavy atom. The lowest BCUT2D eigenvalue weighted by molar-refractivity contribution is -0.870. The number of hydrogen-bond acceptors (Lipinski definition) is 13. The number of carbonyl (C=O) groups excluding carboxylic acids is 5. The zero-order chi connectivity index (χ0) is 54.6. The maximum Gasteiger partial charge on any atom is 0.311 e. The number of quaternary nitrogens is 1. The topological polar surface area (TPSA) is 164 Å². The molecule has 14 nitrogen and oxygen atoms in total. The Balaban J connectivity index is -0.000000251. The van der Waals surface area contributed by atoms with Crippen molar-refractivity contribution in [3.05, 3.63) is 0 Å². The van der Waals surface area contributed by atoms with E-state index < -0.39 is 5.41 Å². The Bertz CT molecular complexity index is 1380. The van der Waals surface area contributed by atoms with E-state index in [-0.39, 0.29) is 94.3 Å². The summed E-state index contributed by atoms with van der Waals surface area (Å²) in [5.74, 6) is -0.612. The van der Waals surface area contributed by atoms with Gasteiger partial charge in [0.25, 0.3) is 0 Å². The first kappa shape index (κ1) is 75.4. The van der Waals surface area contributed by atoms with E-state index in [2.05, 4.69) is 67.7 Å². The lowest BCUT2D eigenvalue weighted by Gasteiger charge is -2.53. The van der Waals surface area contributed by atoms with Gasteiger partial charge in [-0.25, -0.2) is 0 Å². The molecule has 0 radical (unpaired) electrons. The van der Waals surface area contributed by atoms with Gasteiger partial charge in [0.1, 0.15) is 32.5 Å². The minimum atomic E-state index is -0.421. The largest absolute Gasteiger partial charge is 1.00 e. The lowest BCUT2D eigenvalue weighted by Crippen LogP contribution is -3.00. The Kier molecular flexibility index (Phi) is 38.0. The van der Waals surface area contributed by atoms with Gasteiger partial charge in [-0.05, 0) is 143 Å². The number of likely N-dealkylation sites (tertiary alicyclic amines) is 1. The monoisotopic (exact) mass is 1010 g/mol. The van der Waals surface area contributed by atoms with Gasteiger partial charge in [-0.1, -0.05) is 48.0 Å². The fourth-order valence-corrected chi connectivity index (χ4v) is 5.25. The van der Waals surface area contributed by atoms with Crippen LogP contribution < -0.4 is 12.4 Å². The molecule has 0 aliphatic carbocycles. The smallest absolute Gasteiger partial charge is 0.311 e. The molecule has 0 saturated carbocycles. The summed E-state index contributed by atoms with van der Waals surface area (Å²) in [4.78, 5) is 59.9. The highest BCUT2D eigenvalue weighted by Gasteiger charge is 2.45. The first-order valence-corrected chi connectivity index (χ1v) is 25.3. The van der Waals surface area contributed by atoms with Gasteiger partial charge in [0, 0.05) is 31.0 Å². The third-order valence-corrected chi connectivity index (χ3v) is 13.3. The number of hydrogen-bond donors (Lipinski definition) is 1. The molecular formula is C54H109ClN2O12. The van der Waals surface area contributed by atoms with Gasteiger partial charge in [0.15, 0.2) is 0 Å². The molecule has 69 heavy (non-hydrogen) atoms. The average molecular weight is 1010 g/mol. The molecule has 1 rings (SSSR count). The zero-order valence-electron chi connectivity index (χ0n) is 49.1. The Morgan fingerprint density at radius 2 is 0.841 bits per heavy atom. The summed E-state index contributed by atoms with van der Waals surface area (Å²) in [6.45, 7) is 42.6. The summed E-state index contributed by atoms with van der Waals surface area (Å²) in [6, 6.07) is 0. The van der Waals surface area contributed by atoms with Crippen LogP contribution in [0.5, 0.6) is 0 Å². The van der Waals surface area contributed by atoms with Gasteiger partial charge >= 0.3 is 29.8 Å². The fourth-order valence-electron chi connectivity index (χ4n) is 5.25. The fraction of sp³-hybridized carbons (Fsp3) is 0.907. The molecule has 0 unspecified atom stereocenters. The molecular weight excluding hydrogens is 904 g/mol. The van der Waals surface area contributed by atoms with E-state index in [0.717, 1.165) is 68.8 Å². The van der Waals surface area contributed by atoms with Crippen LogP contribution in [0.3, 0.4) is 0 Å². The van der Waals surface area contributed by atoms with Crippen LogP contribution in [-0.2, 0) is 52.4 Å². The molecule has 1 aliphatic heterocycles. The number of rotatable bonds is 22. The highest BCUT2D eigenvalue weighted by molar-refractivity contribution is 5.77. The van der Waals surface area contributed by atoms with Crippen molar-refractivity contribution in [2.24, 2.45) is 27.1 Å². The molecule has 1 fully saturated rings. The Labute approximate surface area is 429 Å². The predicted octanol–water partition coefficient (Wildman–Crippen LogP) is 7.63. The van der Waals surface area contributed by atoms with Gasteiger partial charge in [0.05, 0.1) is 68.0 Å². The number of esters is 5. The quantitative estimate of drug-likeness (QED) is 0.0488. The SMILES string of the molecule is CCC(C)(C)C(=O)OC1CC(C)(C)N(C)C(C)(C)C1.CCC(C)(C)C(=O)OCCO.CCC(C)(C)C(=O)OCCOC.CCC(C)(C)C(=O)OCC[N+](C)(C)C.CCCCOC(=O)C(C)(C)CC.[Cl-]. The number of halogens is 1. The van der Waals surface area contributed by atoms with Crippen LogP contribution in [0.2, 0.25) is 0 Å². The second-order valence-corrected chi connectivity index (χ2v) is 23.4. The Hall–Kier alpha value is -2.52. The number of aliphatic hydroxyl groups is 1. The zero-order valence-corrected chi connectivity index (χ0v) is 49.9. The third kappa shape index (κ3) is 33.0. The summed E-state index contributed by atoms with van der Waals surface area (Å²) in [5.41, 5.74) is -1.70. The van der Waals surface area contributed by atoms with Crippen molar-refractivity contribution in [3.8, 4) is 0 Å². The van der Waals surface area contributed by atoms with Crippen LogP contribution in [0.1, 0.15) is 196 Å². The van der Waals surface area contributed by atoms with Crippen LogP contribution in [-0.4, -0.2) is 143 Å². The number of piperidine rings is 1. The van der Waals surface area contributed by atoms with Crippen molar-refractivity contribution in [1.82, 2.24) is 4.90 Å². The maximum absolute atomic E-state index is 12.2. The molecule has 1 saturated heterocycles. The maximum atomic E-state index is 12.2. The second-order valence-electron chi connectivity index (χ2n) is 23.4. The predicted molar refractivity (Wildman–Crippen MR) is 276 cm³/mol. The van der Waals surface area contributed by atoms with E-state index in [0.29, 0.717) is 26.4 Å². The van der Waals surface area contributed by atoms with Gasteiger partial charge in [0.2, 0.25) is 0 Å². The van der Waals surface area contributed by atoms with E-state index in [1.54, 1.807) is 7.11 Å². The highest BCUT2D eigenvalue weighted by Crippen LogP contribution is 2.39. The molecule has 1 aliphatic rings. The molecule has 0 amide bonds. The van der Waals surface area contributed by atoms with Crippen LogP contribution in [0, 0.1) is 27.1 Å². The first-order chi connectivity index (χ1) is 30.7. The number of methoxy groups -OCH3 is 1. The summed E-state index contributed by atoms with van der Waals surface area (Å²) in [7, 11) is 9.99. The van der Waals surface area contributed by atoms with Crippen LogP contribution in [0.15, 0.2) is 0 Å².